The van der Waals surface area contributed by atoms with Crippen molar-refractivity contribution in [3.8, 4) is 22.7 Å². The van der Waals surface area contributed by atoms with E-state index < -0.39 is 17.2 Å². The number of aryl methyl sites for hydroxylation is 1. The molecular formula is C23H21N3O5. The maximum absolute atomic E-state index is 13.1. The van der Waals surface area contributed by atoms with Crippen LogP contribution in [-0.2, 0) is 18.8 Å². The van der Waals surface area contributed by atoms with Gasteiger partial charge < -0.3 is 14.4 Å². The molecule has 0 spiro atoms. The van der Waals surface area contributed by atoms with Crippen molar-refractivity contribution in [2.45, 2.75) is 6.92 Å². The number of aromatic hydroxyl groups is 1. The number of aromatic nitrogens is 3. The highest BCUT2D eigenvalue weighted by molar-refractivity contribution is 5.96. The Bertz CT molecular complexity index is 1430. The van der Waals surface area contributed by atoms with Crippen LogP contribution in [0, 0.1) is 0 Å². The van der Waals surface area contributed by atoms with Crippen LogP contribution < -0.4 is 11.2 Å². The molecule has 0 atom stereocenters. The zero-order chi connectivity index (χ0) is 22.3. The van der Waals surface area contributed by atoms with Crippen molar-refractivity contribution in [1.29, 1.82) is 0 Å². The van der Waals surface area contributed by atoms with E-state index >= 15 is 0 Å². The number of carbonyl (C=O) groups excluding carboxylic acids is 1. The lowest BCUT2D eigenvalue weighted by molar-refractivity contribution is 0.0526. The number of phenols is 1. The molecule has 0 bridgehead atoms. The van der Waals surface area contributed by atoms with E-state index in [-0.39, 0.29) is 23.6 Å². The molecule has 2 aromatic heterocycles. The summed E-state index contributed by atoms with van der Waals surface area (Å²) >= 11 is 0. The first kappa shape index (κ1) is 20.2. The molecule has 0 saturated carbocycles. The fraction of sp³-hybridized carbons (Fsp3) is 0.174. The van der Waals surface area contributed by atoms with Gasteiger partial charge in [-0.1, -0.05) is 30.3 Å². The molecule has 2 heterocycles. The maximum atomic E-state index is 13.1. The van der Waals surface area contributed by atoms with Gasteiger partial charge in [0.15, 0.2) is 0 Å². The van der Waals surface area contributed by atoms with Crippen molar-refractivity contribution in [2.24, 2.45) is 14.1 Å². The van der Waals surface area contributed by atoms with Gasteiger partial charge in [-0.05, 0) is 30.7 Å². The molecular weight excluding hydrogens is 398 g/mol. The zero-order valence-corrected chi connectivity index (χ0v) is 17.3. The number of nitrogens with zero attached hydrogens (tertiary/aromatic N) is 3. The van der Waals surface area contributed by atoms with E-state index in [2.05, 4.69) is 0 Å². The number of hydrogen-bond acceptors (Lipinski definition) is 5. The molecule has 0 amide bonds. The number of rotatable bonds is 4. The Morgan fingerprint density at radius 1 is 1.03 bits per heavy atom. The van der Waals surface area contributed by atoms with Crippen LogP contribution in [0.15, 0.2) is 64.3 Å². The van der Waals surface area contributed by atoms with Gasteiger partial charge in [-0.3, -0.25) is 13.9 Å². The lowest BCUT2D eigenvalue weighted by Crippen LogP contribution is -2.36. The molecule has 0 aliphatic heterocycles. The van der Waals surface area contributed by atoms with Crippen LogP contribution in [-0.4, -0.2) is 31.4 Å². The zero-order valence-electron chi connectivity index (χ0n) is 17.3. The number of fused-ring (bicyclic) bond motifs is 1. The number of esters is 1. The van der Waals surface area contributed by atoms with E-state index in [0.29, 0.717) is 22.2 Å². The third-order valence-electron chi connectivity index (χ3n) is 5.23. The van der Waals surface area contributed by atoms with Crippen LogP contribution in [0.1, 0.15) is 17.3 Å². The molecule has 2 aromatic carbocycles. The van der Waals surface area contributed by atoms with E-state index in [1.807, 2.05) is 30.3 Å². The first-order chi connectivity index (χ1) is 14.8. The summed E-state index contributed by atoms with van der Waals surface area (Å²) in [4.78, 5) is 37.8. The van der Waals surface area contributed by atoms with Gasteiger partial charge in [-0.15, -0.1) is 0 Å². The summed E-state index contributed by atoms with van der Waals surface area (Å²) in [6.45, 7) is 1.93. The van der Waals surface area contributed by atoms with Gasteiger partial charge in [0.1, 0.15) is 5.75 Å². The average molecular weight is 419 g/mol. The normalized spacial score (nSPS) is 11.1. The molecule has 4 aromatic rings. The van der Waals surface area contributed by atoms with Crippen LogP contribution in [0.25, 0.3) is 27.8 Å². The highest BCUT2D eigenvalue weighted by Crippen LogP contribution is 2.34. The molecule has 8 nitrogen and oxygen atoms in total. The predicted octanol–water partition coefficient (Wildman–Crippen LogP) is 2.58. The van der Waals surface area contributed by atoms with E-state index in [0.717, 1.165) is 4.57 Å². The predicted molar refractivity (Wildman–Crippen MR) is 117 cm³/mol. The molecule has 8 heteroatoms. The second-order valence-electron chi connectivity index (χ2n) is 7.10. The number of ether oxygens (including phenoxy) is 1. The standard InChI is InChI=1S/C23H21N3O5/c1-4-31-22(29)15-10-11-18(27)16(12-15)26-13-17-19(20(26)14-8-6-5-7-9-14)21(28)25(3)23(30)24(17)2/h5-13,27H,4H2,1-3H3. The molecule has 158 valence electrons. The molecule has 1 N–H and O–H groups in total. The van der Waals surface area contributed by atoms with E-state index in [1.165, 1.54) is 29.8 Å². The highest BCUT2D eigenvalue weighted by atomic mass is 16.5. The van der Waals surface area contributed by atoms with Crippen molar-refractivity contribution in [3.63, 3.8) is 0 Å². The molecule has 0 aliphatic carbocycles. The van der Waals surface area contributed by atoms with Crippen LogP contribution in [0.4, 0.5) is 0 Å². The average Bonchev–Trinajstić information content (AvgIpc) is 3.18. The van der Waals surface area contributed by atoms with Gasteiger partial charge in [-0.25, -0.2) is 9.59 Å². The molecule has 31 heavy (non-hydrogen) atoms. The van der Waals surface area contributed by atoms with Crippen molar-refractivity contribution < 1.29 is 14.6 Å². The number of phenolic OH excluding ortho intramolecular Hbond substituents is 1. The first-order valence-corrected chi connectivity index (χ1v) is 9.72. The van der Waals surface area contributed by atoms with Crippen molar-refractivity contribution in [1.82, 2.24) is 13.7 Å². The summed E-state index contributed by atoms with van der Waals surface area (Å²) < 4.78 is 9.13. The van der Waals surface area contributed by atoms with Gasteiger partial charge in [0, 0.05) is 20.3 Å². The first-order valence-electron chi connectivity index (χ1n) is 9.72. The smallest absolute Gasteiger partial charge is 0.338 e. The fourth-order valence-corrected chi connectivity index (χ4v) is 3.67. The monoisotopic (exact) mass is 419 g/mol. The largest absolute Gasteiger partial charge is 0.506 e. The molecule has 0 fully saturated rings. The van der Waals surface area contributed by atoms with Gasteiger partial charge in [0.05, 0.1) is 34.5 Å². The lowest BCUT2D eigenvalue weighted by Gasteiger charge is -2.13. The van der Waals surface area contributed by atoms with Gasteiger partial charge in [0.25, 0.3) is 5.56 Å². The Labute approximate surface area is 177 Å². The lowest BCUT2D eigenvalue weighted by atomic mass is 10.1. The maximum Gasteiger partial charge on any atom is 0.338 e. The summed E-state index contributed by atoms with van der Waals surface area (Å²) in [6.07, 6.45) is 1.62. The quantitative estimate of drug-likeness (QED) is 0.513. The van der Waals surface area contributed by atoms with Crippen molar-refractivity contribution in [2.75, 3.05) is 6.61 Å². The summed E-state index contributed by atoms with van der Waals surface area (Å²) in [6, 6.07) is 13.6. The van der Waals surface area contributed by atoms with Crippen molar-refractivity contribution >= 4 is 16.9 Å². The van der Waals surface area contributed by atoms with Crippen molar-refractivity contribution in [3.05, 3.63) is 81.1 Å². The fourth-order valence-electron chi connectivity index (χ4n) is 3.67. The minimum Gasteiger partial charge on any atom is -0.506 e. The third kappa shape index (κ3) is 3.22. The van der Waals surface area contributed by atoms with Crippen LogP contribution in [0.2, 0.25) is 0 Å². The van der Waals surface area contributed by atoms with Crippen LogP contribution in [0.5, 0.6) is 5.75 Å². The Balaban J connectivity index is 2.13. The molecule has 0 unspecified atom stereocenters. The van der Waals surface area contributed by atoms with E-state index in [9.17, 15) is 19.5 Å². The highest BCUT2D eigenvalue weighted by Gasteiger charge is 2.22. The third-order valence-corrected chi connectivity index (χ3v) is 5.23. The molecule has 0 aliphatic rings. The summed E-state index contributed by atoms with van der Waals surface area (Å²) in [5, 5.41) is 10.9. The molecule has 4 rings (SSSR count). The van der Waals surface area contributed by atoms with Crippen LogP contribution in [0.3, 0.4) is 0 Å². The number of hydrogen-bond donors (Lipinski definition) is 1. The summed E-state index contributed by atoms with van der Waals surface area (Å²) in [5.74, 6) is -0.614. The molecule has 0 saturated heterocycles. The van der Waals surface area contributed by atoms with E-state index in [1.54, 1.807) is 24.7 Å². The molecule has 0 radical (unpaired) electrons. The topological polar surface area (TPSA) is 95.5 Å². The summed E-state index contributed by atoms with van der Waals surface area (Å²) in [7, 11) is 3.01. The van der Waals surface area contributed by atoms with Crippen LogP contribution >= 0.6 is 0 Å². The number of benzene rings is 2. The minimum atomic E-state index is -0.523. The van der Waals surface area contributed by atoms with Gasteiger partial charge in [-0.2, -0.15) is 0 Å². The Kier molecular flexibility index (Phi) is 4.98. The second-order valence-corrected chi connectivity index (χ2v) is 7.10. The Hall–Kier alpha value is -4.07. The van der Waals surface area contributed by atoms with Gasteiger partial charge >= 0.3 is 11.7 Å². The SMILES string of the molecule is CCOC(=O)c1ccc(O)c(-n2cc3c(c2-c2ccccc2)c(=O)n(C)c(=O)n3C)c1. The Morgan fingerprint density at radius 2 is 1.74 bits per heavy atom. The summed E-state index contributed by atoms with van der Waals surface area (Å²) in [5.41, 5.74) is 1.27. The number of carbonyl (C=O) groups is 1. The Morgan fingerprint density at radius 3 is 2.42 bits per heavy atom. The second kappa shape index (κ2) is 7.64. The van der Waals surface area contributed by atoms with E-state index in [4.69, 9.17) is 4.74 Å². The minimum absolute atomic E-state index is 0.0904. The van der Waals surface area contributed by atoms with Gasteiger partial charge in [0.2, 0.25) is 0 Å².